The van der Waals surface area contributed by atoms with E-state index in [0.29, 0.717) is 29.2 Å². The van der Waals surface area contributed by atoms with Gasteiger partial charge in [-0.15, -0.1) is 11.3 Å². The minimum atomic E-state index is -0.0424. The zero-order chi connectivity index (χ0) is 18.1. The number of pyridine rings is 1. The molecule has 0 aliphatic carbocycles. The van der Waals surface area contributed by atoms with Gasteiger partial charge in [-0.2, -0.15) is 0 Å². The number of nitrogens with one attached hydrogen (secondary N) is 1. The SMILES string of the molecule is C[C@H](N)Cc1oc2c(NCc3cccs3)cc(Cl)nc2c1-c1ccoc1. The van der Waals surface area contributed by atoms with Gasteiger partial charge in [-0.05, 0) is 24.4 Å². The van der Waals surface area contributed by atoms with E-state index in [1.807, 2.05) is 19.1 Å². The maximum atomic E-state index is 6.29. The van der Waals surface area contributed by atoms with Crippen LogP contribution in [-0.2, 0) is 13.0 Å². The van der Waals surface area contributed by atoms with E-state index in [0.717, 1.165) is 22.6 Å². The van der Waals surface area contributed by atoms with Crippen molar-refractivity contribution in [1.29, 1.82) is 0 Å². The molecule has 4 rings (SSSR count). The highest BCUT2D eigenvalue weighted by molar-refractivity contribution is 7.09. The Hall–Kier alpha value is -2.28. The normalized spacial score (nSPS) is 12.6. The number of anilines is 1. The second-order valence-electron chi connectivity index (χ2n) is 6.20. The van der Waals surface area contributed by atoms with Gasteiger partial charge in [0, 0.05) is 35.5 Å². The Kier molecular flexibility index (Phi) is 4.72. The third-order valence-corrected chi connectivity index (χ3v) is 5.10. The lowest BCUT2D eigenvalue weighted by Gasteiger charge is -2.06. The number of fused-ring (bicyclic) bond motifs is 1. The van der Waals surface area contributed by atoms with Crippen LogP contribution in [0.1, 0.15) is 17.6 Å². The van der Waals surface area contributed by atoms with Crippen molar-refractivity contribution in [2.45, 2.75) is 25.9 Å². The van der Waals surface area contributed by atoms with Crippen LogP contribution in [0, 0.1) is 0 Å². The molecule has 0 spiro atoms. The number of halogens is 1. The van der Waals surface area contributed by atoms with Crippen LogP contribution >= 0.6 is 22.9 Å². The van der Waals surface area contributed by atoms with Gasteiger partial charge in [-0.3, -0.25) is 0 Å². The van der Waals surface area contributed by atoms with Crippen molar-refractivity contribution in [3.63, 3.8) is 0 Å². The molecular weight excluding hydrogens is 370 g/mol. The van der Waals surface area contributed by atoms with Gasteiger partial charge >= 0.3 is 0 Å². The van der Waals surface area contributed by atoms with Crippen LogP contribution in [0.4, 0.5) is 5.69 Å². The molecule has 4 aromatic heterocycles. The summed E-state index contributed by atoms with van der Waals surface area (Å²) in [6.45, 7) is 2.64. The van der Waals surface area contributed by atoms with E-state index < -0.39 is 0 Å². The number of hydrogen-bond donors (Lipinski definition) is 2. The highest BCUT2D eigenvalue weighted by Gasteiger charge is 2.22. The number of thiophene rings is 1. The van der Waals surface area contributed by atoms with Crippen molar-refractivity contribution in [2.75, 3.05) is 5.32 Å². The molecule has 0 saturated carbocycles. The van der Waals surface area contributed by atoms with E-state index in [1.165, 1.54) is 4.88 Å². The molecule has 0 bridgehead atoms. The Morgan fingerprint density at radius 3 is 2.96 bits per heavy atom. The first-order chi connectivity index (χ1) is 12.6. The van der Waals surface area contributed by atoms with Crippen LogP contribution < -0.4 is 11.1 Å². The molecule has 4 aromatic rings. The molecular formula is C19H18ClN3O2S. The number of furan rings is 2. The highest BCUT2D eigenvalue weighted by atomic mass is 35.5. The maximum Gasteiger partial charge on any atom is 0.176 e. The fourth-order valence-electron chi connectivity index (χ4n) is 2.95. The summed E-state index contributed by atoms with van der Waals surface area (Å²) in [5.41, 5.74) is 10.0. The van der Waals surface area contributed by atoms with E-state index in [-0.39, 0.29) is 6.04 Å². The topological polar surface area (TPSA) is 77.2 Å². The summed E-state index contributed by atoms with van der Waals surface area (Å²) in [5.74, 6) is 0.783. The van der Waals surface area contributed by atoms with E-state index >= 15 is 0 Å². The Morgan fingerprint density at radius 2 is 2.27 bits per heavy atom. The van der Waals surface area contributed by atoms with Gasteiger partial charge in [0.05, 0.1) is 23.8 Å². The lowest BCUT2D eigenvalue weighted by Crippen LogP contribution is -2.17. The monoisotopic (exact) mass is 387 g/mol. The van der Waals surface area contributed by atoms with Crippen molar-refractivity contribution in [2.24, 2.45) is 5.73 Å². The zero-order valence-electron chi connectivity index (χ0n) is 14.2. The van der Waals surface area contributed by atoms with Crippen molar-refractivity contribution in [3.8, 4) is 11.1 Å². The summed E-state index contributed by atoms with van der Waals surface area (Å²) in [7, 11) is 0. The molecule has 0 aliphatic heterocycles. The molecule has 134 valence electrons. The molecule has 0 saturated heterocycles. The molecule has 0 amide bonds. The molecule has 0 aromatic carbocycles. The Bertz CT molecular complexity index is 1010. The first-order valence-electron chi connectivity index (χ1n) is 8.28. The molecule has 5 nitrogen and oxygen atoms in total. The summed E-state index contributed by atoms with van der Waals surface area (Å²) in [4.78, 5) is 5.74. The summed E-state index contributed by atoms with van der Waals surface area (Å²) < 4.78 is 11.4. The largest absolute Gasteiger partial charge is 0.472 e. The van der Waals surface area contributed by atoms with Gasteiger partial charge in [-0.25, -0.2) is 4.98 Å². The van der Waals surface area contributed by atoms with E-state index in [2.05, 4.69) is 21.7 Å². The van der Waals surface area contributed by atoms with Crippen molar-refractivity contribution in [3.05, 3.63) is 58.0 Å². The smallest absolute Gasteiger partial charge is 0.176 e. The first-order valence-corrected chi connectivity index (χ1v) is 9.54. The predicted molar refractivity (Wildman–Crippen MR) is 106 cm³/mol. The third-order valence-electron chi connectivity index (χ3n) is 4.03. The average molecular weight is 388 g/mol. The molecule has 7 heteroatoms. The first kappa shape index (κ1) is 17.1. The van der Waals surface area contributed by atoms with Gasteiger partial charge < -0.3 is 19.9 Å². The van der Waals surface area contributed by atoms with Crippen LogP contribution in [0.25, 0.3) is 22.2 Å². The van der Waals surface area contributed by atoms with Crippen molar-refractivity contribution >= 4 is 39.7 Å². The third kappa shape index (κ3) is 3.35. The predicted octanol–water partition coefficient (Wildman–Crippen LogP) is 5.30. The molecule has 0 radical (unpaired) electrons. The fraction of sp³-hybridized carbons (Fsp3) is 0.211. The average Bonchev–Trinajstić information content (AvgIpc) is 3.32. The maximum absolute atomic E-state index is 6.29. The second kappa shape index (κ2) is 7.15. The van der Waals surface area contributed by atoms with E-state index in [4.69, 9.17) is 26.2 Å². The van der Waals surface area contributed by atoms with E-state index in [1.54, 1.807) is 29.9 Å². The molecule has 26 heavy (non-hydrogen) atoms. The Balaban J connectivity index is 1.83. The summed E-state index contributed by atoms with van der Waals surface area (Å²) >= 11 is 7.99. The summed E-state index contributed by atoms with van der Waals surface area (Å²) in [5, 5.41) is 5.87. The van der Waals surface area contributed by atoms with Crippen LogP contribution in [0.3, 0.4) is 0 Å². The standard InChI is InChI=1S/C19H18ClN3O2S/c1-11(21)7-15-17(12-4-5-24-10-12)18-19(25-15)14(8-16(20)23-18)22-9-13-3-2-6-26-13/h2-6,8,10-11H,7,9,21H2,1H3,(H,22,23)/t11-/m0/s1. The lowest BCUT2D eigenvalue weighted by molar-refractivity contribution is 0.527. The number of hydrogen-bond acceptors (Lipinski definition) is 6. The van der Waals surface area contributed by atoms with Gasteiger partial charge in [0.1, 0.15) is 16.4 Å². The quantitative estimate of drug-likeness (QED) is 0.439. The fourth-order valence-corrected chi connectivity index (χ4v) is 3.79. The van der Waals surface area contributed by atoms with E-state index in [9.17, 15) is 0 Å². The van der Waals surface area contributed by atoms with Crippen molar-refractivity contribution < 1.29 is 8.83 Å². The van der Waals surface area contributed by atoms with Crippen LogP contribution in [-0.4, -0.2) is 11.0 Å². The highest BCUT2D eigenvalue weighted by Crippen LogP contribution is 2.39. The Morgan fingerprint density at radius 1 is 1.38 bits per heavy atom. The zero-order valence-corrected chi connectivity index (χ0v) is 15.7. The molecule has 0 aliphatic rings. The molecule has 0 fully saturated rings. The number of aromatic nitrogens is 1. The van der Waals surface area contributed by atoms with Gasteiger partial charge in [0.25, 0.3) is 0 Å². The molecule has 0 unspecified atom stereocenters. The molecule has 1 atom stereocenters. The second-order valence-corrected chi connectivity index (χ2v) is 7.62. The van der Waals surface area contributed by atoms with Gasteiger partial charge in [0.15, 0.2) is 5.58 Å². The molecule has 4 heterocycles. The minimum Gasteiger partial charge on any atom is -0.472 e. The van der Waals surface area contributed by atoms with Gasteiger partial charge in [0.2, 0.25) is 0 Å². The number of rotatable bonds is 6. The lowest BCUT2D eigenvalue weighted by atomic mass is 10.0. The minimum absolute atomic E-state index is 0.0424. The molecule has 3 N–H and O–H groups in total. The van der Waals surface area contributed by atoms with Crippen LogP contribution in [0.5, 0.6) is 0 Å². The Labute approximate surface area is 159 Å². The number of nitrogens with two attached hydrogens (primary N) is 1. The van der Waals surface area contributed by atoms with Crippen LogP contribution in [0.2, 0.25) is 5.15 Å². The van der Waals surface area contributed by atoms with Crippen molar-refractivity contribution in [1.82, 2.24) is 4.98 Å². The number of nitrogens with zero attached hydrogens (tertiary/aromatic N) is 1. The van der Waals surface area contributed by atoms with Gasteiger partial charge in [-0.1, -0.05) is 17.7 Å². The summed E-state index contributed by atoms with van der Waals surface area (Å²) in [6.07, 6.45) is 3.90. The van der Waals surface area contributed by atoms with Crippen LogP contribution in [0.15, 0.2) is 51.0 Å². The summed E-state index contributed by atoms with van der Waals surface area (Å²) in [6, 6.07) is 7.74.